The normalized spacial score (nSPS) is 11.9. The summed E-state index contributed by atoms with van der Waals surface area (Å²) in [4.78, 5) is 10.6. The Labute approximate surface area is 98.1 Å². The van der Waals surface area contributed by atoms with Crippen LogP contribution in [0.1, 0.15) is 19.4 Å². The number of anilines is 1. The number of hydrogen-bond donors (Lipinski definition) is 1. The molecule has 1 N–H and O–H groups in total. The Morgan fingerprint density at radius 2 is 1.81 bits per heavy atom. The second-order valence-electron chi connectivity index (χ2n) is 5.34. The molecule has 0 spiro atoms. The van der Waals surface area contributed by atoms with Gasteiger partial charge in [0.05, 0.1) is 0 Å². The van der Waals surface area contributed by atoms with Gasteiger partial charge in [0.25, 0.3) is 0 Å². The van der Waals surface area contributed by atoms with Crippen molar-refractivity contribution < 1.29 is 0 Å². The van der Waals surface area contributed by atoms with Crippen molar-refractivity contribution in [2.45, 2.75) is 20.8 Å². The van der Waals surface area contributed by atoms with Gasteiger partial charge in [-0.05, 0) is 32.0 Å². The third-order valence-electron chi connectivity index (χ3n) is 2.25. The molecule has 0 atom stereocenters. The van der Waals surface area contributed by atoms with E-state index in [0.29, 0.717) is 5.95 Å². The van der Waals surface area contributed by atoms with Crippen molar-refractivity contribution in [2.24, 2.45) is 5.41 Å². The first-order chi connectivity index (χ1) is 7.39. The molecule has 0 aliphatic heterocycles. The molecule has 16 heavy (non-hydrogen) atoms. The van der Waals surface area contributed by atoms with E-state index in [0.717, 1.165) is 18.7 Å². The average molecular weight is 222 g/mol. The van der Waals surface area contributed by atoms with E-state index < -0.39 is 0 Å². The maximum atomic E-state index is 4.22. The molecule has 1 aromatic heterocycles. The second kappa shape index (κ2) is 5.25. The van der Waals surface area contributed by atoms with Crippen LogP contribution in [0.4, 0.5) is 5.95 Å². The molecule has 0 radical (unpaired) electrons. The van der Waals surface area contributed by atoms with E-state index in [4.69, 9.17) is 0 Å². The van der Waals surface area contributed by atoms with Gasteiger partial charge in [0.15, 0.2) is 0 Å². The molecular formula is C12H22N4. The van der Waals surface area contributed by atoms with Gasteiger partial charge in [0.2, 0.25) is 5.95 Å². The van der Waals surface area contributed by atoms with Crippen molar-refractivity contribution in [3.63, 3.8) is 0 Å². The fourth-order valence-electron chi connectivity index (χ4n) is 1.71. The van der Waals surface area contributed by atoms with Gasteiger partial charge in [-0.25, -0.2) is 9.97 Å². The van der Waals surface area contributed by atoms with E-state index in [1.807, 2.05) is 19.3 Å². The summed E-state index contributed by atoms with van der Waals surface area (Å²) in [6.07, 6.45) is 3.66. The minimum absolute atomic E-state index is 0.206. The molecule has 1 rings (SSSR count). The predicted molar refractivity (Wildman–Crippen MR) is 67.6 cm³/mol. The standard InChI is InChI=1S/C12H22N4/c1-10-6-13-11(14-7-10)15-8-12(2,3)9-16(4)5/h6-7H,8-9H2,1-5H3,(H,13,14,15). The number of nitrogens with zero attached hydrogens (tertiary/aromatic N) is 3. The minimum atomic E-state index is 0.206. The molecule has 0 amide bonds. The molecule has 4 heteroatoms. The Bertz CT molecular complexity index is 316. The number of aromatic nitrogens is 2. The zero-order valence-electron chi connectivity index (χ0n) is 10.9. The van der Waals surface area contributed by atoms with E-state index in [2.05, 4.69) is 48.1 Å². The lowest BCUT2D eigenvalue weighted by molar-refractivity contribution is 0.254. The molecule has 90 valence electrons. The number of rotatable bonds is 5. The minimum Gasteiger partial charge on any atom is -0.354 e. The van der Waals surface area contributed by atoms with Crippen LogP contribution in [0.2, 0.25) is 0 Å². The summed E-state index contributed by atoms with van der Waals surface area (Å²) >= 11 is 0. The monoisotopic (exact) mass is 222 g/mol. The first-order valence-corrected chi connectivity index (χ1v) is 5.56. The van der Waals surface area contributed by atoms with Gasteiger partial charge in [-0.15, -0.1) is 0 Å². The van der Waals surface area contributed by atoms with Crippen LogP contribution < -0.4 is 5.32 Å². The predicted octanol–water partition coefficient (Wildman–Crippen LogP) is 1.78. The quantitative estimate of drug-likeness (QED) is 0.824. The van der Waals surface area contributed by atoms with Crippen molar-refractivity contribution >= 4 is 5.95 Å². The Balaban J connectivity index is 2.47. The van der Waals surface area contributed by atoms with E-state index in [1.165, 1.54) is 0 Å². The fourth-order valence-corrected chi connectivity index (χ4v) is 1.71. The molecule has 0 saturated carbocycles. The van der Waals surface area contributed by atoms with Crippen molar-refractivity contribution in [2.75, 3.05) is 32.5 Å². The maximum absolute atomic E-state index is 4.22. The lowest BCUT2D eigenvalue weighted by Gasteiger charge is -2.28. The van der Waals surface area contributed by atoms with Gasteiger partial charge in [-0.2, -0.15) is 0 Å². The lowest BCUT2D eigenvalue weighted by Crippen LogP contribution is -2.34. The molecule has 0 aliphatic rings. The van der Waals surface area contributed by atoms with E-state index in [9.17, 15) is 0 Å². The smallest absolute Gasteiger partial charge is 0.222 e. The molecule has 0 fully saturated rings. The Morgan fingerprint density at radius 1 is 1.25 bits per heavy atom. The summed E-state index contributed by atoms with van der Waals surface area (Å²) in [5.41, 5.74) is 1.29. The first-order valence-electron chi connectivity index (χ1n) is 5.56. The highest BCUT2D eigenvalue weighted by Crippen LogP contribution is 2.16. The van der Waals surface area contributed by atoms with Gasteiger partial charge in [0.1, 0.15) is 0 Å². The highest BCUT2D eigenvalue weighted by Gasteiger charge is 2.18. The van der Waals surface area contributed by atoms with Crippen LogP contribution in [0.15, 0.2) is 12.4 Å². The van der Waals surface area contributed by atoms with E-state index in [1.54, 1.807) is 0 Å². The van der Waals surface area contributed by atoms with Gasteiger partial charge < -0.3 is 10.2 Å². The first kappa shape index (κ1) is 12.9. The van der Waals surface area contributed by atoms with Crippen LogP contribution in [0.5, 0.6) is 0 Å². The summed E-state index contributed by atoms with van der Waals surface area (Å²) in [5, 5.41) is 3.27. The number of aryl methyl sites for hydroxylation is 1. The summed E-state index contributed by atoms with van der Waals surface area (Å²) in [6.45, 7) is 8.35. The fraction of sp³-hybridized carbons (Fsp3) is 0.667. The Morgan fingerprint density at radius 3 is 2.31 bits per heavy atom. The van der Waals surface area contributed by atoms with Gasteiger partial charge >= 0.3 is 0 Å². The molecule has 4 nitrogen and oxygen atoms in total. The number of nitrogens with one attached hydrogen (secondary N) is 1. The lowest BCUT2D eigenvalue weighted by atomic mass is 9.93. The number of hydrogen-bond acceptors (Lipinski definition) is 4. The highest BCUT2D eigenvalue weighted by molar-refractivity contribution is 5.24. The van der Waals surface area contributed by atoms with Crippen LogP contribution >= 0.6 is 0 Å². The van der Waals surface area contributed by atoms with Crippen molar-refractivity contribution in [1.82, 2.24) is 14.9 Å². The molecule has 1 aromatic rings. The Kier molecular flexibility index (Phi) is 4.24. The molecule has 0 unspecified atom stereocenters. The van der Waals surface area contributed by atoms with Gasteiger partial charge in [0, 0.05) is 25.5 Å². The third-order valence-corrected chi connectivity index (χ3v) is 2.25. The SMILES string of the molecule is Cc1cnc(NCC(C)(C)CN(C)C)nc1. The largest absolute Gasteiger partial charge is 0.354 e. The summed E-state index contributed by atoms with van der Waals surface area (Å²) in [6, 6.07) is 0. The van der Waals surface area contributed by atoms with Crippen molar-refractivity contribution in [1.29, 1.82) is 0 Å². The van der Waals surface area contributed by atoms with Crippen LogP contribution in [0.25, 0.3) is 0 Å². The van der Waals surface area contributed by atoms with Crippen LogP contribution in [-0.2, 0) is 0 Å². The van der Waals surface area contributed by atoms with Crippen LogP contribution in [-0.4, -0.2) is 42.1 Å². The van der Waals surface area contributed by atoms with Gasteiger partial charge in [-0.1, -0.05) is 13.8 Å². The molecule has 0 bridgehead atoms. The highest BCUT2D eigenvalue weighted by atomic mass is 15.1. The zero-order valence-corrected chi connectivity index (χ0v) is 10.9. The second-order valence-corrected chi connectivity index (χ2v) is 5.34. The topological polar surface area (TPSA) is 41.1 Å². The van der Waals surface area contributed by atoms with Crippen molar-refractivity contribution in [3.8, 4) is 0 Å². The average Bonchev–Trinajstić information content (AvgIpc) is 2.15. The zero-order chi connectivity index (χ0) is 12.2. The molecule has 0 aromatic carbocycles. The van der Waals surface area contributed by atoms with Crippen LogP contribution in [0, 0.1) is 12.3 Å². The van der Waals surface area contributed by atoms with E-state index >= 15 is 0 Å². The summed E-state index contributed by atoms with van der Waals surface area (Å²) in [7, 11) is 4.17. The molecule has 1 heterocycles. The van der Waals surface area contributed by atoms with E-state index in [-0.39, 0.29) is 5.41 Å². The third kappa shape index (κ3) is 4.57. The Hall–Kier alpha value is -1.16. The molecule has 0 aliphatic carbocycles. The summed E-state index contributed by atoms with van der Waals surface area (Å²) in [5.74, 6) is 0.706. The van der Waals surface area contributed by atoms with Crippen LogP contribution in [0.3, 0.4) is 0 Å². The molecule has 0 saturated heterocycles. The maximum Gasteiger partial charge on any atom is 0.222 e. The van der Waals surface area contributed by atoms with Crippen molar-refractivity contribution in [3.05, 3.63) is 18.0 Å². The molecular weight excluding hydrogens is 200 g/mol. The van der Waals surface area contributed by atoms with Gasteiger partial charge in [-0.3, -0.25) is 0 Å². The summed E-state index contributed by atoms with van der Waals surface area (Å²) < 4.78 is 0.